The predicted octanol–water partition coefficient (Wildman–Crippen LogP) is 2.92. The minimum Gasteiger partial charge on any atom is -0.336 e. The molecule has 5 heteroatoms. The lowest BCUT2D eigenvalue weighted by molar-refractivity contribution is 0.0697. The molecule has 5 nitrogen and oxygen atoms in total. The van der Waals surface area contributed by atoms with Gasteiger partial charge in [-0.3, -0.25) is 14.1 Å². The van der Waals surface area contributed by atoms with Gasteiger partial charge in [-0.15, -0.1) is 0 Å². The van der Waals surface area contributed by atoms with Crippen molar-refractivity contribution >= 4 is 11.6 Å². The Balaban J connectivity index is 1.55. The molecule has 2 fully saturated rings. The third kappa shape index (κ3) is 3.43. The summed E-state index contributed by atoms with van der Waals surface area (Å²) in [4.78, 5) is 22.3. The molecular formula is C20H28N4O. The van der Waals surface area contributed by atoms with Crippen molar-refractivity contribution in [3.8, 4) is 0 Å². The maximum absolute atomic E-state index is 13.2. The van der Waals surface area contributed by atoms with Gasteiger partial charge in [0.05, 0.1) is 6.20 Å². The quantitative estimate of drug-likeness (QED) is 0.859. The van der Waals surface area contributed by atoms with Gasteiger partial charge >= 0.3 is 0 Å². The van der Waals surface area contributed by atoms with E-state index in [0.29, 0.717) is 17.7 Å². The highest BCUT2D eigenvalue weighted by molar-refractivity contribution is 5.93. The zero-order chi connectivity index (χ0) is 17.4. The Morgan fingerprint density at radius 3 is 2.88 bits per heavy atom. The van der Waals surface area contributed by atoms with Crippen molar-refractivity contribution in [3.63, 3.8) is 0 Å². The van der Waals surface area contributed by atoms with Crippen molar-refractivity contribution in [3.05, 3.63) is 36.3 Å². The molecule has 0 radical (unpaired) electrons. The van der Waals surface area contributed by atoms with Crippen LogP contribution in [0.1, 0.15) is 43.6 Å². The summed E-state index contributed by atoms with van der Waals surface area (Å²) in [6, 6.07) is 6.29. The van der Waals surface area contributed by atoms with Crippen LogP contribution in [-0.4, -0.2) is 57.3 Å². The van der Waals surface area contributed by atoms with Gasteiger partial charge in [0.15, 0.2) is 0 Å². The molecule has 2 aromatic heterocycles. The summed E-state index contributed by atoms with van der Waals surface area (Å²) in [5.74, 6) is 1.55. The van der Waals surface area contributed by atoms with Crippen LogP contribution in [0.5, 0.6) is 0 Å². The Hall–Kier alpha value is -1.88. The zero-order valence-electron chi connectivity index (χ0n) is 15.3. The molecule has 134 valence electrons. The molecule has 1 saturated heterocycles. The molecule has 0 aromatic carbocycles. The van der Waals surface area contributed by atoms with E-state index in [0.717, 1.165) is 37.6 Å². The van der Waals surface area contributed by atoms with Crippen LogP contribution in [0.15, 0.2) is 30.6 Å². The van der Waals surface area contributed by atoms with Crippen molar-refractivity contribution in [2.24, 2.45) is 11.8 Å². The van der Waals surface area contributed by atoms with Gasteiger partial charge in [0.1, 0.15) is 11.3 Å². The summed E-state index contributed by atoms with van der Waals surface area (Å²) in [5.41, 5.74) is 1.50. The fourth-order valence-corrected chi connectivity index (χ4v) is 3.99. The van der Waals surface area contributed by atoms with Crippen LogP contribution >= 0.6 is 0 Å². The fraction of sp³-hybridized carbons (Fsp3) is 0.600. The Morgan fingerprint density at radius 2 is 2.12 bits per heavy atom. The fourth-order valence-electron chi connectivity index (χ4n) is 3.99. The summed E-state index contributed by atoms with van der Waals surface area (Å²) in [7, 11) is 0. The Kier molecular flexibility index (Phi) is 4.50. The monoisotopic (exact) mass is 340 g/mol. The smallest absolute Gasteiger partial charge is 0.272 e. The van der Waals surface area contributed by atoms with Gasteiger partial charge < -0.3 is 4.90 Å². The van der Waals surface area contributed by atoms with E-state index >= 15 is 0 Å². The summed E-state index contributed by atoms with van der Waals surface area (Å²) >= 11 is 0. The highest BCUT2D eigenvalue weighted by atomic mass is 16.2. The van der Waals surface area contributed by atoms with Crippen LogP contribution in [-0.2, 0) is 0 Å². The van der Waals surface area contributed by atoms with Crippen molar-refractivity contribution in [2.45, 2.75) is 39.2 Å². The van der Waals surface area contributed by atoms with Gasteiger partial charge in [-0.2, -0.15) is 0 Å². The maximum atomic E-state index is 13.2. The van der Waals surface area contributed by atoms with E-state index in [2.05, 4.69) is 23.7 Å². The molecule has 1 atom stereocenters. The highest BCUT2D eigenvalue weighted by Gasteiger charge is 2.34. The van der Waals surface area contributed by atoms with Crippen molar-refractivity contribution in [1.29, 1.82) is 0 Å². The number of amides is 1. The Labute approximate surface area is 149 Å². The molecule has 1 amide bonds. The normalized spacial score (nSPS) is 22.5. The average Bonchev–Trinajstić information content (AvgIpc) is 3.36. The number of imidazole rings is 1. The molecule has 0 unspecified atom stereocenters. The number of pyridine rings is 1. The molecule has 1 aliphatic carbocycles. The maximum Gasteiger partial charge on any atom is 0.272 e. The van der Waals surface area contributed by atoms with Crippen LogP contribution in [0.25, 0.3) is 5.65 Å². The lowest BCUT2D eigenvalue weighted by Gasteiger charge is -2.34. The van der Waals surface area contributed by atoms with E-state index < -0.39 is 0 Å². The summed E-state index contributed by atoms with van der Waals surface area (Å²) in [6.45, 7) is 8.54. The Bertz CT molecular complexity index is 749. The van der Waals surface area contributed by atoms with Gasteiger partial charge in [-0.05, 0) is 43.2 Å². The molecular weight excluding hydrogens is 312 g/mol. The second kappa shape index (κ2) is 6.79. The van der Waals surface area contributed by atoms with E-state index in [-0.39, 0.29) is 5.91 Å². The highest BCUT2D eigenvalue weighted by Crippen LogP contribution is 2.32. The lowest BCUT2D eigenvalue weighted by Crippen LogP contribution is -2.46. The molecule has 0 N–H and O–H groups in total. The minimum absolute atomic E-state index is 0.109. The molecule has 0 bridgehead atoms. The molecule has 25 heavy (non-hydrogen) atoms. The molecule has 2 aliphatic rings. The van der Waals surface area contributed by atoms with E-state index in [4.69, 9.17) is 0 Å². The lowest BCUT2D eigenvalue weighted by atomic mass is 10.0. The first-order valence-corrected chi connectivity index (χ1v) is 9.59. The topological polar surface area (TPSA) is 40.9 Å². The number of fused-ring (bicyclic) bond motifs is 1. The van der Waals surface area contributed by atoms with E-state index in [9.17, 15) is 4.79 Å². The summed E-state index contributed by atoms with van der Waals surface area (Å²) in [5, 5.41) is 0. The number of hydrogen-bond acceptors (Lipinski definition) is 3. The van der Waals surface area contributed by atoms with Crippen LogP contribution < -0.4 is 0 Å². The average molecular weight is 340 g/mol. The van der Waals surface area contributed by atoms with Gasteiger partial charge in [0.25, 0.3) is 5.91 Å². The number of aromatic nitrogens is 2. The number of carbonyl (C=O) groups is 1. The molecule has 3 heterocycles. The van der Waals surface area contributed by atoms with Gasteiger partial charge in [-0.25, -0.2) is 4.98 Å². The third-order valence-corrected chi connectivity index (χ3v) is 5.63. The number of carbonyl (C=O) groups excluding carboxylic acids is 1. The second-order valence-electron chi connectivity index (χ2n) is 7.93. The number of nitrogens with zero attached hydrogens (tertiary/aromatic N) is 4. The number of hydrogen-bond donors (Lipinski definition) is 0. The molecule has 4 rings (SSSR count). The van der Waals surface area contributed by atoms with Crippen LogP contribution in [0.3, 0.4) is 0 Å². The first kappa shape index (κ1) is 16.6. The van der Waals surface area contributed by atoms with Crippen molar-refractivity contribution in [1.82, 2.24) is 19.2 Å². The van der Waals surface area contributed by atoms with Gasteiger partial charge in [0, 0.05) is 38.4 Å². The Morgan fingerprint density at radius 1 is 1.28 bits per heavy atom. The van der Waals surface area contributed by atoms with Crippen molar-refractivity contribution in [2.75, 3.05) is 26.2 Å². The van der Waals surface area contributed by atoms with Crippen molar-refractivity contribution < 1.29 is 4.79 Å². The van der Waals surface area contributed by atoms with Crippen LogP contribution in [0.4, 0.5) is 0 Å². The zero-order valence-corrected chi connectivity index (χ0v) is 15.3. The SMILES string of the molecule is CC(C)[C@H]1CN(C(=O)c2cnc3ccccn23)CCCN1CC1CC1. The van der Waals surface area contributed by atoms with E-state index in [1.54, 1.807) is 6.20 Å². The first-order valence-electron chi connectivity index (χ1n) is 9.59. The summed E-state index contributed by atoms with van der Waals surface area (Å²) in [6.07, 6.45) is 7.46. The first-order chi connectivity index (χ1) is 12.1. The standard InChI is InChI=1S/C20H28N4O/c1-15(2)18-14-23(10-5-9-22(18)13-16-7-8-16)20(25)17-12-21-19-6-3-4-11-24(17)19/h3-4,6,11-12,15-16,18H,5,7-10,13-14H2,1-2H3/t18-/m1/s1. The van der Waals surface area contributed by atoms with E-state index in [1.165, 1.54) is 19.4 Å². The van der Waals surface area contributed by atoms with E-state index in [1.807, 2.05) is 33.7 Å². The third-order valence-electron chi connectivity index (χ3n) is 5.63. The predicted molar refractivity (Wildman–Crippen MR) is 98.6 cm³/mol. The van der Waals surface area contributed by atoms with Crippen LogP contribution in [0, 0.1) is 11.8 Å². The second-order valence-corrected chi connectivity index (χ2v) is 7.93. The molecule has 1 saturated carbocycles. The largest absolute Gasteiger partial charge is 0.336 e. The molecule has 0 spiro atoms. The molecule has 1 aliphatic heterocycles. The summed E-state index contributed by atoms with van der Waals surface area (Å²) < 4.78 is 1.90. The van der Waals surface area contributed by atoms with Crippen LogP contribution in [0.2, 0.25) is 0 Å². The number of rotatable bonds is 4. The minimum atomic E-state index is 0.109. The molecule has 2 aromatic rings. The van der Waals surface area contributed by atoms with Gasteiger partial charge in [-0.1, -0.05) is 19.9 Å². The van der Waals surface area contributed by atoms with Gasteiger partial charge in [0.2, 0.25) is 0 Å².